The van der Waals surface area contributed by atoms with E-state index in [-0.39, 0.29) is 23.9 Å². The van der Waals surface area contributed by atoms with E-state index in [1.807, 2.05) is 0 Å². The Morgan fingerprint density at radius 3 is 2.24 bits per heavy atom. The van der Waals surface area contributed by atoms with Gasteiger partial charge in [0.1, 0.15) is 12.1 Å². The molecule has 8 nitrogen and oxygen atoms in total. The summed E-state index contributed by atoms with van der Waals surface area (Å²) in [6, 6.07) is 4.56. The predicted molar refractivity (Wildman–Crippen MR) is 125 cm³/mol. The minimum atomic E-state index is -1.29. The second kappa shape index (κ2) is 8.17. The molecule has 5 aliphatic rings. The number of amides is 4. The minimum absolute atomic E-state index is 0.0337. The number of carbonyl (C=O) groups excluding carboxylic acids is 3. The van der Waals surface area contributed by atoms with Gasteiger partial charge in [-0.25, -0.2) is 4.79 Å². The van der Waals surface area contributed by atoms with Crippen LogP contribution in [0.15, 0.2) is 18.2 Å². The molecule has 1 aromatic rings. The number of ether oxygens (including phenoxy) is 2. The molecule has 2 N–H and O–H groups in total. The Hall–Kier alpha value is -2.77. The lowest BCUT2D eigenvalue weighted by molar-refractivity contribution is -0.136. The van der Waals surface area contributed by atoms with E-state index < -0.39 is 17.5 Å². The van der Waals surface area contributed by atoms with Gasteiger partial charge in [-0.05, 0) is 93.2 Å². The lowest BCUT2D eigenvalue weighted by atomic mass is 9.48. The molecule has 4 amide bonds. The van der Waals surface area contributed by atoms with Crippen LogP contribution in [-0.2, 0) is 15.1 Å². The van der Waals surface area contributed by atoms with E-state index in [0.29, 0.717) is 17.1 Å². The van der Waals surface area contributed by atoms with Crippen LogP contribution in [0.1, 0.15) is 57.9 Å². The van der Waals surface area contributed by atoms with Crippen LogP contribution in [0.3, 0.4) is 0 Å². The number of benzene rings is 1. The molecule has 1 heterocycles. The maximum atomic E-state index is 13.3. The molecule has 2 atom stereocenters. The summed E-state index contributed by atoms with van der Waals surface area (Å²) < 4.78 is 10.6. The third-order valence-electron chi connectivity index (χ3n) is 8.92. The third kappa shape index (κ3) is 3.62. The molecule has 1 aliphatic heterocycles. The largest absolute Gasteiger partial charge is 0.493 e. The van der Waals surface area contributed by atoms with E-state index in [4.69, 9.17) is 9.47 Å². The minimum Gasteiger partial charge on any atom is -0.493 e. The van der Waals surface area contributed by atoms with Crippen LogP contribution in [0.4, 0.5) is 4.79 Å². The summed E-state index contributed by atoms with van der Waals surface area (Å²) in [4.78, 5) is 40.1. The number of carbonyl (C=O) groups is 3. The van der Waals surface area contributed by atoms with Gasteiger partial charge >= 0.3 is 6.03 Å². The molecule has 5 fully saturated rings. The maximum absolute atomic E-state index is 13.3. The van der Waals surface area contributed by atoms with Crippen molar-refractivity contribution in [3.63, 3.8) is 0 Å². The Bertz CT molecular complexity index is 988. The Morgan fingerprint density at radius 1 is 1.09 bits per heavy atom. The van der Waals surface area contributed by atoms with Crippen LogP contribution < -0.4 is 20.1 Å². The van der Waals surface area contributed by atoms with Gasteiger partial charge in [-0.1, -0.05) is 6.07 Å². The van der Waals surface area contributed by atoms with E-state index >= 15 is 0 Å². The number of hydrogen-bond acceptors (Lipinski definition) is 5. The molecular weight excluding hydrogens is 434 g/mol. The highest BCUT2D eigenvalue weighted by molar-refractivity contribution is 6.09. The van der Waals surface area contributed by atoms with Gasteiger partial charge in [0.15, 0.2) is 11.5 Å². The van der Waals surface area contributed by atoms with Gasteiger partial charge in [-0.3, -0.25) is 14.5 Å². The van der Waals surface area contributed by atoms with Gasteiger partial charge < -0.3 is 20.1 Å². The Morgan fingerprint density at radius 2 is 1.68 bits per heavy atom. The van der Waals surface area contributed by atoms with Crippen LogP contribution in [0.5, 0.6) is 11.5 Å². The number of urea groups is 1. The number of methoxy groups -OCH3 is 2. The average Bonchev–Trinajstić information content (AvgIpc) is 3.01. The lowest BCUT2D eigenvalue weighted by Crippen LogP contribution is -2.57. The number of nitrogens with zero attached hydrogens (tertiary/aromatic N) is 1. The van der Waals surface area contributed by atoms with Gasteiger partial charge in [0.25, 0.3) is 5.91 Å². The summed E-state index contributed by atoms with van der Waals surface area (Å²) in [6.07, 6.45) is 7.58. The van der Waals surface area contributed by atoms with E-state index in [1.54, 1.807) is 25.1 Å². The zero-order chi connectivity index (χ0) is 24.3. The first-order valence-corrected chi connectivity index (χ1v) is 12.3. The quantitative estimate of drug-likeness (QED) is 0.598. The molecule has 0 spiro atoms. The number of rotatable bonds is 7. The van der Waals surface area contributed by atoms with E-state index in [0.717, 1.165) is 22.7 Å². The first-order valence-electron chi connectivity index (χ1n) is 12.3. The lowest BCUT2D eigenvalue weighted by Gasteiger charge is -2.59. The standard InChI is InChI=1S/C26H35N3O5/c1-15(26-11-16-7-17(12-26)9-18(8-16)13-26)27-22(30)14-29-23(31)25(2,28-24(29)32)19-5-6-20(33-3)21(10-19)34-4/h5-6,10,15-18H,7-9,11-14H2,1-4H3,(H,27,30)(H,28,32)/t15-,16?,17?,18?,25+,26?/m0/s1. The summed E-state index contributed by atoms with van der Waals surface area (Å²) in [5.41, 5.74) is -0.563. The Balaban J connectivity index is 1.27. The molecule has 0 unspecified atom stereocenters. The topological polar surface area (TPSA) is 97.0 Å². The Labute approximate surface area is 200 Å². The zero-order valence-electron chi connectivity index (χ0n) is 20.5. The smallest absolute Gasteiger partial charge is 0.325 e. The molecule has 184 valence electrons. The normalized spacial score (nSPS) is 34.7. The second-order valence-corrected chi connectivity index (χ2v) is 11.1. The van der Waals surface area contributed by atoms with Crippen molar-refractivity contribution in [3.8, 4) is 11.5 Å². The summed E-state index contributed by atoms with van der Waals surface area (Å²) in [7, 11) is 3.05. The van der Waals surface area contributed by atoms with Crippen molar-refractivity contribution in [3.05, 3.63) is 23.8 Å². The van der Waals surface area contributed by atoms with Crippen LogP contribution in [0, 0.1) is 23.2 Å². The highest BCUT2D eigenvalue weighted by Gasteiger charge is 2.54. The van der Waals surface area contributed by atoms with Crippen LogP contribution in [0.2, 0.25) is 0 Å². The van der Waals surface area contributed by atoms with E-state index in [2.05, 4.69) is 17.6 Å². The molecule has 4 bridgehead atoms. The highest BCUT2D eigenvalue weighted by atomic mass is 16.5. The van der Waals surface area contributed by atoms with Gasteiger partial charge in [-0.15, -0.1) is 0 Å². The number of nitrogens with one attached hydrogen (secondary N) is 2. The monoisotopic (exact) mass is 469 g/mol. The van der Waals surface area contributed by atoms with Crippen molar-refractivity contribution in [1.29, 1.82) is 0 Å². The summed E-state index contributed by atoms with van der Waals surface area (Å²) >= 11 is 0. The average molecular weight is 470 g/mol. The third-order valence-corrected chi connectivity index (χ3v) is 8.92. The molecule has 1 saturated heterocycles. The van der Waals surface area contributed by atoms with Crippen LogP contribution in [-0.4, -0.2) is 49.6 Å². The molecule has 4 aliphatic carbocycles. The fourth-order valence-corrected chi connectivity index (χ4v) is 7.48. The van der Waals surface area contributed by atoms with Crippen LogP contribution >= 0.6 is 0 Å². The first-order chi connectivity index (χ1) is 16.2. The van der Waals surface area contributed by atoms with E-state index in [1.165, 1.54) is 52.7 Å². The van der Waals surface area contributed by atoms with Gasteiger partial charge in [-0.2, -0.15) is 0 Å². The van der Waals surface area contributed by atoms with Crippen molar-refractivity contribution in [2.45, 2.75) is 64.0 Å². The van der Waals surface area contributed by atoms with Gasteiger partial charge in [0.05, 0.1) is 14.2 Å². The molecule has 6 rings (SSSR count). The fourth-order valence-electron chi connectivity index (χ4n) is 7.48. The highest BCUT2D eigenvalue weighted by Crippen LogP contribution is 2.61. The predicted octanol–water partition coefficient (Wildman–Crippen LogP) is 3.19. The van der Waals surface area contributed by atoms with Gasteiger partial charge in [0.2, 0.25) is 5.91 Å². The maximum Gasteiger partial charge on any atom is 0.325 e. The first kappa shape index (κ1) is 23.0. The molecule has 34 heavy (non-hydrogen) atoms. The zero-order valence-corrected chi connectivity index (χ0v) is 20.5. The van der Waals surface area contributed by atoms with Crippen molar-refractivity contribution < 1.29 is 23.9 Å². The molecule has 0 aromatic heterocycles. The Kier molecular flexibility index (Phi) is 5.52. The van der Waals surface area contributed by atoms with Crippen molar-refractivity contribution in [2.75, 3.05) is 20.8 Å². The summed E-state index contributed by atoms with van der Waals surface area (Å²) in [5, 5.41) is 5.92. The van der Waals surface area contributed by atoms with Gasteiger partial charge in [0, 0.05) is 6.04 Å². The van der Waals surface area contributed by atoms with E-state index in [9.17, 15) is 14.4 Å². The SMILES string of the molecule is COc1ccc([C@@]2(C)NC(=O)N(CC(=O)N[C@@H](C)C34CC5CC(CC(C5)C3)C4)C2=O)cc1OC. The fraction of sp³-hybridized carbons (Fsp3) is 0.654. The van der Waals surface area contributed by atoms with Crippen molar-refractivity contribution in [2.24, 2.45) is 23.2 Å². The molecule has 8 heteroatoms. The van der Waals surface area contributed by atoms with Crippen molar-refractivity contribution in [1.82, 2.24) is 15.5 Å². The molecular formula is C26H35N3O5. The second-order valence-electron chi connectivity index (χ2n) is 11.1. The van der Waals surface area contributed by atoms with Crippen molar-refractivity contribution >= 4 is 17.8 Å². The number of imide groups is 1. The summed E-state index contributed by atoms with van der Waals surface area (Å²) in [5.74, 6) is 2.62. The molecule has 4 saturated carbocycles. The molecule has 1 aromatic carbocycles. The molecule has 0 radical (unpaired) electrons. The van der Waals surface area contributed by atoms with Crippen LogP contribution in [0.25, 0.3) is 0 Å². The number of hydrogen-bond donors (Lipinski definition) is 2. The summed E-state index contributed by atoms with van der Waals surface area (Å²) in [6.45, 7) is 3.46.